The van der Waals surface area contributed by atoms with Gasteiger partial charge in [-0.2, -0.15) is 5.26 Å². The number of aryl methyl sites for hydroxylation is 1. The molecule has 6 nitrogen and oxygen atoms in total. The minimum Gasteiger partial charge on any atom is -0.481 e. The van der Waals surface area contributed by atoms with Gasteiger partial charge in [-0.05, 0) is 44.2 Å². The normalized spacial score (nSPS) is 21.9. The number of carbonyl (C=O) groups is 1. The Morgan fingerprint density at radius 2 is 2.43 bits per heavy atom. The van der Waals surface area contributed by atoms with E-state index in [1.54, 1.807) is 0 Å². The van der Waals surface area contributed by atoms with Gasteiger partial charge in [0.2, 0.25) is 0 Å². The van der Waals surface area contributed by atoms with Gasteiger partial charge in [-0.1, -0.05) is 5.16 Å². The zero-order valence-corrected chi connectivity index (χ0v) is 12.0. The van der Waals surface area contributed by atoms with Crippen LogP contribution in [0.5, 0.6) is 0 Å². The Balaban J connectivity index is 1.89. The Bertz CT molecular complexity index is 507. The number of carboxylic acid groups (broad SMARTS) is 1. The van der Waals surface area contributed by atoms with E-state index < -0.39 is 5.97 Å². The summed E-state index contributed by atoms with van der Waals surface area (Å²) in [5, 5.41) is 24.9. The first-order valence-electron chi connectivity index (χ1n) is 7.43. The highest BCUT2D eigenvalue weighted by molar-refractivity contribution is 5.67. The zero-order valence-electron chi connectivity index (χ0n) is 12.0. The van der Waals surface area contributed by atoms with Crippen molar-refractivity contribution in [2.75, 3.05) is 13.1 Å². The second-order valence-electron chi connectivity index (χ2n) is 5.61. The largest absolute Gasteiger partial charge is 0.481 e. The highest BCUT2D eigenvalue weighted by Gasteiger charge is 2.27. The van der Waals surface area contributed by atoms with E-state index in [4.69, 9.17) is 14.9 Å². The molecule has 1 aromatic rings. The van der Waals surface area contributed by atoms with E-state index in [9.17, 15) is 4.79 Å². The predicted octanol–water partition coefficient (Wildman–Crippen LogP) is 1.76. The minimum atomic E-state index is -0.732. The number of hydrogen-bond donors (Lipinski definition) is 2. The van der Waals surface area contributed by atoms with Crippen LogP contribution in [-0.4, -0.2) is 29.3 Å². The molecule has 0 spiro atoms. The number of nitrogens with one attached hydrogen (secondary N) is 1. The van der Waals surface area contributed by atoms with E-state index in [1.165, 1.54) is 0 Å². The van der Waals surface area contributed by atoms with Gasteiger partial charge in [-0.3, -0.25) is 4.79 Å². The summed E-state index contributed by atoms with van der Waals surface area (Å²) in [6.07, 6.45) is 3.87. The fraction of sp³-hybridized carbons (Fsp3) is 0.667. The number of nitriles is 1. The van der Waals surface area contributed by atoms with Gasteiger partial charge in [0.15, 0.2) is 0 Å². The van der Waals surface area contributed by atoms with E-state index in [0.29, 0.717) is 6.42 Å². The van der Waals surface area contributed by atoms with Crippen LogP contribution >= 0.6 is 0 Å². The smallest absolute Gasteiger partial charge is 0.303 e. The van der Waals surface area contributed by atoms with Crippen molar-refractivity contribution in [3.05, 3.63) is 17.5 Å². The maximum Gasteiger partial charge on any atom is 0.303 e. The van der Waals surface area contributed by atoms with Crippen molar-refractivity contribution >= 4 is 5.97 Å². The van der Waals surface area contributed by atoms with Gasteiger partial charge in [0.05, 0.1) is 11.8 Å². The first kappa shape index (κ1) is 15.5. The van der Waals surface area contributed by atoms with Crippen LogP contribution in [-0.2, 0) is 17.6 Å². The van der Waals surface area contributed by atoms with Crippen molar-refractivity contribution in [3.63, 3.8) is 0 Å². The Hall–Kier alpha value is -1.87. The lowest BCUT2D eigenvalue weighted by atomic mass is 9.81. The fourth-order valence-electron chi connectivity index (χ4n) is 2.89. The van der Waals surface area contributed by atoms with Crippen LogP contribution in [0.25, 0.3) is 0 Å². The molecule has 2 unspecified atom stereocenters. The lowest BCUT2D eigenvalue weighted by molar-refractivity contribution is -0.138. The Kier molecular flexibility index (Phi) is 5.76. The molecule has 0 aromatic carbocycles. The molecule has 0 saturated carbocycles. The standard InChI is InChI=1S/C15H21N3O3/c16-5-2-1-3-14-9-13(18-21-14)7-12-10-17-6-4-11(12)8-15(19)20/h9,11-12,17H,1-4,6-8,10H2,(H,19,20). The summed E-state index contributed by atoms with van der Waals surface area (Å²) >= 11 is 0. The van der Waals surface area contributed by atoms with Gasteiger partial charge in [0.25, 0.3) is 0 Å². The molecule has 2 atom stereocenters. The molecule has 1 aromatic heterocycles. The number of nitrogens with zero attached hydrogens (tertiary/aromatic N) is 2. The van der Waals surface area contributed by atoms with Gasteiger partial charge in [0, 0.05) is 25.3 Å². The summed E-state index contributed by atoms with van der Waals surface area (Å²) < 4.78 is 5.27. The third-order valence-electron chi connectivity index (χ3n) is 3.99. The number of hydrogen-bond acceptors (Lipinski definition) is 5. The quantitative estimate of drug-likeness (QED) is 0.743. The SMILES string of the molecule is N#CCCCc1cc(CC2CNCCC2CC(=O)O)no1. The van der Waals surface area contributed by atoms with Crippen molar-refractivity contribution in [2.45, 2.75) is 38.5 Å². The average molecular weight is 291 g/mol. The maximum absolute atomic E-state index is 10.9. The second-order valence-corrected chi connectivity index (χ2v) is 5.61. The summed E-state index contributed by atoms with van der Waals surface area (Å²) in [7, 11) is 0. The van der Waals surface area contributed by atoms with E-state index >= 15 is 0 Å². The molecular formula is C15H21N3O3. The lowest BCUT2D eigenvalue weighted by Crippen LogP contribution is -2.38. The fourth-order valence-corrected chi connectivity index (χ4v) is 2.89. The van der Waals surface area contributed by atoms with Gasteiger partial charge in [0.1, 0.15) is 5.76 Å². The predicted molar refractivity (Wildman–Crippen MR) is 75.5 cm³/mol. The van der Waals surface area contributed by atoms with Crippen LogP contribution in [0.2, 0.25) is 0 Å². The summed E-state index contributed by atoms with van der Waals surface area (Å²) in [6, 6.07) is 4.04. The summed E-state index contributed by atoms with van der Waals surface area (Å²) in [5.74, 6) is 0.553. The molecule has 0 radical (unpaired) electrons. The third kappa shape index (κ3) is 4.87. The van der Waals surface area contributed by atoms with Crippen molar-refractivity contribution in [2.24, 2.45) is 11.8 Å². The van der Waals surface area contributed by atoms with Gasteiger partial charge in [-0.25, -0.2) is 0 Å². The first-order chi connectivity index (χ1) is 10.2. The number of piperidine rings is 1. The molecule has 0 bridgehead atoms. The van der Waals surface area contributed by atoms with Crippen molar-refractivity contribution < 1.29 is 14.4 Å². The minimum absolute atomic E-state index is 0.197. The third-order valence-corrected chi connectivity index (χ3v) is 3.99. The van der Waals surface area contributed by atoms with Crippen LogP contribution in [0.1, 0.15) is 37.1 Å². The molecular weight excluding hydrogens is 270 g/mol. The molecule has 6 heteroatoms. The van der Waals surface area contributed by atoms with Crippen molar-refractivity contribution in [1.29, 1.82) is 5.26 Å². The van der Waals surface area contributed by atoms with Crippen LogP contribution in [0.4, 0.5) is 0 Å². The molecule has 2 N–H and O–H groups in total. The van der Waals surface area contributed by atoms with Gasteiger partial charge < -0.3 is 14.9 Å². The lowest BCUT2D eigenvalue weighted by Gasteiger charge is -2.30. The summed E-state index contributed by atoms with van der Waals surface area (Å²) in [4.78, 5) is 10.9. The van der Waals surface area contributed by atoms with Crippen molar-refractivity contribution in [1.82, 2.24) is 10.5 Å². The monoisotopic (exact) mass is 291 g/mol. The number of rotatable bonds is 7. The van der Waals surface area contributed by atoms with Gasteiger partial charge in [-0.15, -0.1) is 0 Å². The Morgan fingerprint density at radius 3 is 3.19 bits per heavy atom. The molecule has 1 aliphatic heterocycles. The molecule has 0 amide bonds. The highest BCUT2D eigenvalue weighted by atomic mass is 16.5. The van der Waals surface area contributed by atoms with Crippen LogP contribution in [0.15, 0.2) is 10.6 Å². The Labute approximate surface area is 124 Å². The van der Waals surface area contributed by atoms with Gasteiger partial charge >= 0.3 is 5.97 Å². The molecule has 1 fully saturated rings. The summed E-state index contributed by atoms with van der Waals surface area (Å²) in [6.45, 7) is 1.71. The molecule has 1 saturated heterocycles. The molecule has 1 aliphatic rings. The van der Waals surface area contributed by atoms with Crippen LogP contribution < -0.4 is 5.32 Å². The average Bonchev–Trinajstić information content (AvgIpc) is 2.88. The number of carboxylic acids is 1. The number of aromatic nitrogens is 1. The first-order valence-corrected chi connectivity index (χ1v) is 7.43. The van der Waals surface area contributed by atoms with Crippen molar-refractivity contribution in [3.8, 4) is 6.07 Å². The van der Waals surface area contributed by atoms with E-state index in [-0.39, 0.29) is 18.3 Å². The number of unbranched alkanes of at least 4 members (excludes halogenated alkanes) is 1. The summed E-state index contributed by atoms with van der Waals surface area (Å²) in [5.41, 5.74) is 0.881. The molecule has 114 valence electrons. The molecule has 0 aliphatic carbocycles. The molecule has 2 rings (SSSR count). The van der Waals surface area contributed by atoms with Crippen LogP contribution in [0.3, 0.4) is 0 Å². The Morgan fingerprint density at radius 1 is 1.57 bits per heavy atom. The topological polar surface area (TPSA) is 99.2 Å². The highest BCUT2D eigenvalue weighted by Crippen LogP contribution is 2.26. The number of aliphatic carboxylic acids is 1. The maximum atomic E-state index is 10.9. The second kappa shape index (κ2) is 7.79. The van der Waals surface area contributed by atoms with E-state index in [0.717, 1.165) is 50.2 Å². The van der Waals surface area contributed by atoms with Crippen LogP contribution in [0, 0.1) is 23.2 Å². The van der Waals surface area contributed by atoms with E-state index in [2.05, 4.69) is 16.5 Å². The zero-order chi connectivity index (χ0) is 15.1. The molecule has 2 heterocycles. The van der Waals surface area contributed by atoms with E-state index in [1.807, 2.05) is 6.07 Å². The molecule has 21 heavy (non-hydrogen) atoms.